The largest absolute Gasteiger partial charge is 0.463 e. The predicted octanol–water partition coefficient (Wildman–Crippen LogP) is 3.77. The van der Waals surface area contributed by atoms with Gasteiger partial charge in [0.15, 0.2) is 5.78 Å². The predicted molar refractivity (Wildman–Crippen MR) is 121 cm³/mol. The van der Waals surface area contributed by atoms with Crippen molar-refractivity contribution >= 4 is 23.4 Å². The summed E-state index contributed by atoms with van der Waals surface area (Å²) in [5, 5.41) is 3.86. The molecule has 3 N–H and O–H groups in total. The van der Waals surface area contributed by atoms with Gasteiger partial charge < -0.3 is 20.5 Å². The highest BCUT2D eigenvalue weighted by atomic mass is 35.5. The number of benzene rings is 1. The van der Waals surface area contributed by atoms with Gasteiger partial charge in [-0.1, -0.05) is 37.6 Å². The third-order valence-electron chi connectivity index (χ3n) is 5.60. The van der Waals surface area contributed by atoms with E-state index in [2.05, 4.69) is 19.2 Å². The molecule has 168 valence electrons. The third-order valence-corrected chi connectivity index (χ3v) is 5.92. The molecule has 1 atom stereocenters. The Morgan fingerprint density at radius 1 is 1.32 bits per heavy atom. The van der Waals surface area contributed by atoms with Gasteiger partial charge in [0.1, 0.15) is 0 Å². The molecule has 0 saturated carbocycles. The highest BCUT2D eigenvalue weighted by molar-refractivity contribution is 6.31. The molecule has 1 aliphatic carbocycles. The summed E-state index contributed by atoms with van der Waals surface area (Å²) in [6, 6.07) is 5.68. The number of carbonyl (C=O) groups is 2. The minimum atomic E-state index is -0.608. The van der Waals surface area contributed by atoms with Crippen LogP contribution in [0.4, 0.5) is 0 Å². The Hall–Kier alpha value is -2.15. The zero-order valence-corrected chi connectivity index (χ0v) is 19.4. The van der Waals surface area contributed by atoms with Crippen LogP contribution >= 0.6 is 11.6 Å². The Balaban J connectivity index is 2.21. The molecule has 0 bridgehead atoms. The summed E-state index contributed by atoms with van der Waals surface area (Å²) < 4.78 is 11.1. The first kappa shape index (κ1) is 23.5. The van der Waals surface area contributed by atoms with Gasteiger partial charge in [0.25, 0.3) is 0 Å². The van der Waals surface area contributed by atoms with Gasteiger partial charge in [0.2, 0.25) is 0 Å². The number of Topliss-reactive ketones (excluding diaryl/α,β-unsaturated/α-hetero) is 1. The highest BCUT2D eigenvalue weighted by Crippen LogP contribution is 2.48. The number of hydrogen-bond acceptors (Lipinski definition) is 6. The molecule has 0 saturated heterocycles. The zero-order valence-electron chi connectivity index (χ0n) is 18.6. The Bertz CT molecular complexity index is 949. The fourth-order valence-corrected chi connectivity index (χ4v) is 4.69. The molecule has 3 rings (SSSR count). The zero-order chi connectivity index (χ0) is 22.8. The molecule has 0 amide bonds. The van der Waals surface area contributed by atoms with E-state index in [4.69, 9.17) is 26.8 Å². The van der Waals surface area contributed by atoms with E-state index in [9.17, 15) is 9.59 Å². The van der Waals surface area contributed by atoms with Crippen LogP contribution in [0.1, 0.15) is 50.7 Å². The van der Waals surface area contributed by atoms with Crippen LogP contribution in [0.3, 0.4) is 0 Å². The Kier molecular flexibility index (Phi) is 7.24. The molecule has 2 aliphatic rings. The van der Waals surface area contributed by atoms with Crippen LogP contribution in [-0.2, 0) is 19.1 Å². The number of hydrogen-bond donors (Lipinski definition) is 2. The number of nitrogens with one attached hydrogen (secondary N) is 1. The number of nitrogens with two attached hydrogens (primary N) is 1. The SMILES string of the molecule is CCOC(=O)C1=C(COCCN)NC2=C(C(=O)CC(C)(C)C2)C1c1ccc(C)cc1Cl. The van der Waals surface area contributed by atoms with Crippen LogP contribution in [0.15, 0.2) is 40.7 Å². The second-order valence-corrected chi connectivity index (χ2v) is 9.28. The van der Waals surface area contributed by atoms with Crippen LogP contribution in [0.2, 0.25) is 5.02 Å². The lowest BCUT2D eigenvalue weighted by molar-refractivity contribution is -0.139. The number of aryl methyl sites for hydroxylation is 1. The third kappa shape index (κ3) is 5.03. The number of carbonyl (C=O) groups excluding carboxylic acids is 2. The topological polar surface area (TPSA) is 90.7 Å². The van der Waals surface area contributed by atoms with Crippen LogP contribution in [0.25, 0.3) is 0 Å². The minimum Gasteiger partial charge on any atom is -0.463 e. The van der Waals surface area contributed by atoms with Crippen molar-refractivity contribution in [2.75, 3.05) is 26.4 Å². The molecule has 0 radical (unpaired) electrons. The number of halogens is 1. The van der Waals surface area contributed by atoms with E-state index in [0.717, 1.165) is 11.3 Å². The number of ether oxygens (including phenoxy) is 2. The molecule has 31 heavy (non-hydrogen) atoms. The number of allylic oxidation sites excluding steroid dienone is 2. The summed E-state index contributed by atoms with van der Waals surface area (Å²) >= 11 is 6.64. The van der Waals surface area contributed by atoms with Crippen molar-refractivity contribution in [3.63, 3.8) is 0 Å². The number of ketones is 1. The lowest BCUT2D eigenvalue weighted by Gasteiger charge is -2.40. The second kappa shape index (κ2) is 9.55. The van der Waals surface area contributed by atoms with E-state index in [1.165, 1.54) is 0 Å². The fourth-order valence-electron chi connectivity index (χ4n) is 4.35. The van der Waals surface area contributed by atoms with Crippen molar-refractivity contribution in [3.05, 3.63) is 56.9 Å². The number of esters is 1. The smallest absolute Gasteiger partial charge is 0.336 e. The normalized spacial score (nSPS) is 20.5. The van der Waals surface area contributed by atoms with Crippen molar-refractivity contribution in [1.82, 2.24) is 5.32 Å². The first-order valence-electron chi connectivity index (χ1n) is 10.7. The average molecular weight is 447 g/mol. The maximum absolute atomic E-state index is 13.3. The summed E-state index contributed by atoms with van der Waals surface area (Å²) in [4.78, 5) is 26.5. The molecular formula is C24H31ClN2O4. The number of rotatable bonds is 7. The van der Waals surface area contributed by atoms with E-state index in [1.807, 2.05) is 25.1 Å². The Labute approximate surface area is 188 Å². The molecule has 1 unspecified atom stereocenters. The van der Waals surface area contributed by atoms with Crippen LogP contribution in [0, 0.1) is 12.3 Å². The molecule has 1 aromatic carbocycles. The van der Waals surface area contributed by atoms with Crippen LogP contribution in [0.5, 0.6) is 0 Å². The summed E-state index contributed by atoms with van der Waals surface area (Å²) in [5.74, 6) is -1.07. The standard InChI is InChI=1S/C24H31ClN2O4/c1-5-31-23(29)22-18(13-30-9-8-26)27-17-11-24(3,4)12-19(28)21(17)20(22)15-7-6-14(2)10-16(15)25/h6-7,10,20,27H,5,8-9,11-13,26H2,1-4H3. The molecule has 0 aromatic heterocycles. The fraction of sp³-hybridized carbons (Fsp3) is 0.500. The van der Waals surface area contributed by atoms with Crippen molar-refractivity contribution in [2.45, 2.75) is 46.5 Å². The van der Waals surface area contributed by atoms with Crippen molar-refractivity contribution in [2.24, 2.45) is 11.1 Å². The van der Waals surface area contributed by atoms with E-state index in [-0.39, 0.29) is 24.4 Å². The van der Waals surface area contributed by atoms with Crippen molar-refractivity contribution in [1.29, 1.82) is 0 Å². The summed E-state index contributed by atoms with van der Waals surface area (Å²) in [7, 11) is 0. The maximum Gasteiger partial charge on any atom is 0.336 e. The van der Waals surface area contributed by atoms with E-state index in [1.54, 1.807) is 6.92 Å². The lowest BCUT2D eigenvalue weighted by atomic mass is 9.68. The lowest BCUT2D eigenvalue weighted by Crippen LogP contribution is -2.40. The van der Waals surface area contributed by atoms with Crippen LogP contribution in [-0.4, -0.2) is 38.1 Å². The first-order chi connectivity index (χ1) is 14.7. The minimum absolute atomic E-state index is 0.0177. The monoisotopic (exact) mass is 446 g/mol. The Morgan fingerprint density at radius 2 is 2.06 bits per heavy atom. The van der Waals surface area contributed by atoms with Gasteiger partial charge in [-0.15, -0.1) is 0 Å². The van der Waals surface area contributed by atoms with Crippen molar-refractivity contribution < 1.29 is 19.1 Å². The number of dihydropyridines is 1. The second-order valence-electron chi connectivity index (χ2n) is 8.87. The van der Waals surface area contributed by atoms with Gasteiger partial charge in [-0.05, 0) is 42.9 Å². The molecule has 1 aromatic rings. The van der Waals surface area contributed by atoms with Crippen molar-refractivity contribution in [3.8, 4) is 0 Å². The molecule has 0 spiro atoms. The summed E-state index contributed by atoms with van der Waals surface area (Å²) in [5.41, 5.74) is 9.49. The van der Waals surface area contributed by atoms with E-state index < -0.39 is 11.9 Å². The van der Waals surface area contributed by atoms with Gasteiger partial charge in [0.05, 0.1) is 31.1 Å². The van der Waals surface area contributed by atoms with Gasteiger partial charge >= 0.3 is 5.97 Å². The molecule has 0 fully saturated rings. The quantitative estimate of drug-likeness (QED) is 0.489. The Morgan fingerprint density at radius 3 is 2.71 bits per heavy atom. The van der Waals surface area contributed by atoms with E-state index in [0.29, 0.717) is 53.4 Å². The molecule has 1 heterocycles. The van der Waals surface area contributed by atoms with Gasteiger partial charge in [0, 0.05) is 35.2 Å². The molecule has 7 heteroatoms. The molecule has 6 nitrogen and oxygen atoms in total. The van der Waals surface area contributed by atoms with Gasteiger partial charge in [-0.25, -0.2) is 4.79 Å². The summed E-state index contributed by atoms with van der Waals surface area (Å²) in [6.07, 6.45) is 1.09. The molecular weight excluding hydrogens is 416 g/mol. The maximum atomic E-state index is 13.3. The van der Waals surface area contributed by atoms with Gasteiger partial charge in [-0.2, -0.15) is 0 Å². The van der Waals surface area contributed by atoms with Gasteiger partial charge in [-0.3, -0.25) is 4.79 Å². The van der Waals surface area contributed by atoms with Crippen LogP contribution < -0.4 is 11.1 Å². The summed E-state index contributed by atoms with van der Waals surface area (Å²) in [6.45, 7) is 8.95. The first-order valence-corrected chi connectivity index (χ1v) is 11.0. The van der Waals surface area contributed by atoms with E-state index >= 15 is 0 Å². The molecule has 1 aliphatic heterocycles. The average Bonchev–Trinajstić information content (AvgIpc) is 2.66. The highest BCUT2D eigenvalue weighted by Gasteiger charge is 2.44.